The number of hydrogen-bond acceptors (Lipinski definition) is 5. The Morgan fingerprint density at radius 3 is 2.31 bits per heavy atom. The second-order valence-electron chi connectivity index (χ2n) is 6.49. The Morgan fingerprint density at radius 2 is 1.85 bits per heavy atom. The van der Waals surface area contributed by atoms with Crippen LogP contribution in [0.1, 0.15) is 59.3 Å². The van der Waals surface area contributed by atoms with Gasteiger partial charge in [-0.25, -0.2) is 9.59 Å². The first-order chi connectivity index (χ1) is 12.2. The van der Waals surface area contributed by atoms with Crippen molar-refractivity contribution in [3.05, 3.63) is 25.3 Å². The Bertz CT molecular complexity index is 405. The molecule has 0 aromatic heterocycles. The number of carbonyl (C=O) groups is 2. The molecule has 0 saturated heterocycles. The van der Waals surface area contributed by atoms with Crippen molar-refractivity contribution in [3.8, 4) is 0 Å². The Morgan fingerprint density at radius 1 is 1.19 bits per heavy atom. The fourth-order valence-corrected chi connectivity index (χ4v) is 1.87. The highest BCUT2D eigenvalue weighted by Crippen LogP contribution is 2.19. The second kappa shape index (κ2) is 16.8. The zero-order valence-corrected chi connectivity index (χ0v) is 16.5. The average molecular weight is 373 g/mol. The topological polar surface area (TPSA) is 93.1 Å². The Kier molecular flexibility index (Phi) is 17.2. The van der Waals surface area contributed by atoms with Crippen LogP contribution >= 0.6 is 0 Å². The molecule has 0 rings (SSSR count). The molecular weight excluding hydrogens is 336 g/mol. The molecule has 0 spiro atoms. The molecule has 1 unspecified atom stereocenters. The molecule has 0 aromatic rings. The molecule has 2 N–H and O–H groups in total. The van der Waals surface area contributed by atoms with Gasteiger partial charge in [0.2, 0.25) is 0 Å². The fourth-order valence-electron chi connectivity index (χ4n) is 1.87. The number of carboxylic acids is 1. The van der Waals surface area contributed by atoms with Crippen LogP contribution in [0.3, 0.4) is 0 Å². The van der Waals surface area contributed by atoms with Crippen molar-refractivity contribution in [1.29, 1.82) is 0 Å². The lowest BCUT2D eigenvalue weighted by Gasteiger charge is -2.21. The standard InChI is InChI=1S/2C10H18O3/c1-4-6-13-10(11)8-12-7-5-9(2)3;1-3-5-6-8-10(13,7-4-2)9(11)12/h4,9H,1,5-8H2,2-3H3;4,13H,2-3,5-8H2,1H3,(H,11,12). The maximum absolute atomic E-state index is 10.9. The summed E-state index contributed by atoms with van der Waals surface area (Å²) in [6.07, 6.45) is 7.08. The van der Waals surface area contributed by atoms with Gasteiger partial charge in [0.1, 0.15) is 13.2 Å². The van der Waals surface area contributed by atoms with E-state index in [1.807, 2.05) is 6.92 Å². The van der Waals surface area contributed by atoms with Crippen LogP contribution in [0, 0.1) is 5.92 Å². The number of aliphatic hydroxyl groups is 1. The van der Waals surface area contributed by atoms with Gasteiger partial charge in [-0.15, -0.1) is 6.58 Å². The van der Waals surface area contributed by atoms with Crippen LogP contribution in [0.4, 0.5) is 0 Å². The minimum atomic E-state index is -1.60. The minimum absolute atomic E-state index is 0.0422. The summed E-state index contributed by atoms with van der Waals surface area (Å²) >= 11 is 0. The van der Waals surface area contributed by atoms with Gasteiger partial charge in [0.25, 0.3) is 0 Å². The number of carboxylic acid groups (broad SMARTS) is 1. The van der Waals surface area contributed by atoms with Crippen LogP contribution in [-0.2, 0) is 19.1 Å². The second-order valence-corrected chi connectivity index (χ2v) is 6.49. The smallest absolute Gasteiger partial charge is 0.335 e. The predicted molar refractivity (Wildman–Crippen MR) is 103 cm³/mol. The molecule has 0 aliphatic rings. The first kappa shape index (κ1) is 26.6. The van der Waals surface area contributed by atoms with Gasteiger partial charge >= 0.3 is 11.9 Å². The number of aliphatic carboxylic acids is 1. The lowest BCUT2D eigenvalue weighted by molar-refractivity contribution is -0.159. The van der Waals surface area contributed by atoms with Gasteiger partial charge < -0.3 is 19.7 Å². The molecule has 0 saturated carbocycles. The molecule has 0 amide bonds. The summed E-state index contributed by atoms with van der Waals surface area (Å²) in [7, 11) is 0. The summed E-state index contributed by atoms with van der Waals surface area (Å²) in [5, 5.41) is 18.4. The van der Waals surface area contributed by atoms with E-state index in [-0.39, 0.29) is 25.6 Å². The van der Waals surface area contributed by atoms with Crippen molar-refractivity contribution in [3.63, 3.8) is 0 Å². The summed E-state index contributed by atoms with van der Waals surface area (Å²) in [6.45, 7) is 14.0. The maximum atomic E-state index is 10.9. The largest absolute Gasteiger partial charge is 0.479 e. The molecule has 0 aliphatic heterocycles. The number of unbranched alkanes of at least 4 members (excludes halogenated alkanes) is 2. The Balaban J connectivity index is 0. The van der Waals surface area contributed by atoms with Crippen LogP contribution in [-0.4, -0.2) is 47.6 Å². The molecule has 26 heavy (non-hydrogen) atoms. The van der Waals surface area contributed by atoms with Crippen molar-refractivity contribution in [2.45, 2.75) is 64.9 Å². The number of esters is 1. The van der Waals surface area contributed by atoms with Crippen LogP contribution in [0.25, 0.3) is 0 Å². The summed E-state index contributed by atoms with van der Waals surface area (Å²) in [5.74, 6) is -0.878. The SMILES string of the molecule is C=CCC(O)(CCCCC)C(=O)O.C=CCOC(=O)COCCC(C)C. The van der Waals surface area contributed by atoms with E-state index in [2.05, 4.69) is 27.0 Å². The average Bonchev–Trinajstić information content (AvgIpc) is 2.57. The van der Waals surface area contributed by atoms with Crippen LogP contribution < -0.4 is 0 Å². The van der Waals surface area contributed by atoms with E-state index in [1.54, 1.807) is 0 Å². The number of rotatable bonds is 14. The summed E-state index contributed by atoms with van der Waals surface area (Å²) in [4.78, 5) is 21.6. The molecule has 6 nitrogen and oxygen atoms in total. The van der Waals surface area contributed by atoms with Gasteiger partial charge in [-0.05, 0) is 25.2 Å². The van der Waals surface area contributed by atoms with E-state index >= 15 is 0 Å². The van der Waals surface area contributed by atoms with E-state index in [1.165, 1.54) is 12.2 Å². The number of ether oxygens (including phenoxy) is 2. The van der Waals surface area contributed by atoms with Gasteiger partial charge in [0.05, 0.1) is 0 Å². The third-order valence-electron chi connectivity index (χ3n) is 3.50. The van der Waals surface area contributed by atoms with E-state index in [0.29, 0.717) is 18.9 Å². The first-order valence-corrected chi connectivity index (χ1v) is 9.14. The maximum Gasteiger partial charge on any atom is 0.335 e. The lowest BCUT2D eigenvalue weighted by atomic mass is 9.93. The third kappa shape index (κ3) is 15.8. The summed E-state index contributed by atoms with van der Waals surface area (Å²) in [5.41, 5.74) is -1.60. The van der Waals surface area contributed by atoms with Crippen molar-refractivity contribution in [2.24, 2.45) is 5.92 Å². The van der Waals surface area contributed by atoms with Crippen molar-refractivity contribution >= 4 is 11.9 Å². The highest BCUT2D eigenvalue weighted by molar-refractivity contribution is 5.77. The Labute approximate surface area is 157 Å². The van der Waals surface area contributed by atoms with Gasteiger partial charge in [-0.2, -0.15) is 0 Å². The van der Waals surface area contributed by atoms with E-state index in [0.717, 1.165) is 25.7 Å². The molecule has 0 radical (unpaired) electrons. The molecule has 0 bridgehead atoms. The van der Waals surface area contributed by atoms with Crippen LogP contribution in [0.15, 0.2) is 25.3 Å². The molecular formula is C20H36O6. The van der Waals surface area contributed by atoms with E-state index < -0.39 is 11.6 Å². The molecule has 6 heteroatoms. The van der Waals surface area contributed by atoms with Gasteiger partial charge in [-0.3, -0.25) is 0 Å². The minimum Gasteiger partial charge on any atom is -0.479 e. The zero-order chi connectivity index (χ0) is 20.4. The third-order valence-corrected chi connectivity index (χ3v) is 3.50. The van der Waals surface area contributed by atoms with E-state index in [4.69, 9.17) is 14.6 Å². The summed E-state index contributed by atoms with van der Waals surface area (Å²) < 4.78 is 9.81. The highest BCUT2D eigenvalue weighted by Gasteiger charge is 2.33. The van der Waals surface area contributed by atoms with Gasteiger partial charge in [0.15, 0.2) is 5.60 Å². The molecule has 0 heterocycles. The van der Waals surface area contributed by atoms with E-state index in [9.17, 15) is 14.7 Å². The van der Waals surface area contributed by atoms with Crippen LogP contribution in [0.5, 0.6) is 0 Å². The van der Waals surface area contributed by atoms with Gasteiger partial charge in [-0.1, -0.05) is 52.3 Å². The van der Waals surface area contributed by atoms with Crippen LogP contribution in [0.2, 0.25) is 0 Å². The Hall–Kier alpha value is -1.66. The zero-order valence-electron chi connectivity index (χ0n) is 16.5. The van der Waals surface area contributed by atoms with Crippen molar-refractivity contribution < 1.29 is 29.3 Å². The molecule has 152 valence electrons. The number of carbonyl (C=O) groups excluding carboxylic acids is 1. The molecule has 0 aromatic carbocycles. The molecule has 0 aliphatic carbocycles. The molecule has 0 fully saturated rings. The van der Waals surface area contributed by atoms with Crippen molar-refractivity contribution in [2.75, 3.05) is 19.8 Å². The van der Waals surface area contributed by atoms with Gasteiger partial charge in [0, 0.05) is 13.0 Å². The number of hydrogen-bond donors (Lipinski definition) is 2. The fraction of sp³-hybridized carbons (Fsp3) is 0.700. The quantitative estimate of drug-likeness (QED) is 0.274. The normalized spacial score (nSPS) is 12.5. The molecule has 1 atom stereocenters. The summed E-state index contributed by atoms with van der Waals surface area (Å²) in [6, 6.07) is 0. The highest BCUT2D eigenvalue weighted by atomic mass is 16.6. The predicted octanol–water partition coefficient (Wildman–Crippen LogP) is 3.74. The first-order valence-electron chi connectivity index (χ1n) is 9.14. The van der Waals surface area contributed by atoms with Crippen molar-refractivity contribution in [1.82, 2.24) is 0 Å². The lowest BCUT2D eigenvalue weighted by Crippen LogP contribution is -2.37. The monoisotopic (exact) mass is 372 g/mol.